The molecule has 0 amide bonds. The molecule has 0 radical (unpaired) electrons. The third kappa shape index (κ3) is 9.19. The lowest BCUT2D eigenvalue weighted by molar-refractivity contribution is -0.168. The number of halogens is 2. The molecule has 4 aromatic rings. The highest BCUT2D eigenvalue weighted by Crippen LogP contribution is 2.44. The van der Waals surface area contributed by atoms with Crippen LogP contribution in [0.15, 0.2) is 85.1 Å². The number of ether oxygens (including phenoxy) is 3. The van der Waals surface area contributed by atoms with Gasteiger partial charge >= 0.3 is 5.97 Å². The van der Waals surface area contributed by atoms with Crippen LogP contribution in [-0.2, 0) is 34.0 Å². The molecule has 2 heterocycles. The van der Waals surface area contributed by atoms with Gasteiger partial charge in [-0.2, -0.15) is 0 Å². The Bertz CT molecular complexity index is 1640. The Labute approximate surface area is 283 Å². The van der Waals surface area contributed by atoms with E-state index in [4.69, 9.17) is 14.2 Å². The summed E-state index contributed by atoms with van der Waals surface area (Å²) in [4.78, 5) is 20.8. The first-order valence-electron chi connectivity index (χ1n) is 16.6. The number of nitrogens with zero attached hydrogens (tertiary/aromatic N) is 2. The average Bonchev–Trinajstić information content (AvgIpc) is 3.07. The summed E-state index contributed by atoms with van der Waals surface area (Å²) in [5.41, 5.74) is 4.19. The number of esters is 1. The van der Waals surface area contributed by atoms with Crippen molar-refractivity contribution in [3.8, 4) is 16.9 Å². The molecule has 0 aliphatic carbocycles. The summed E-state index contributed by atoms with van der Waals surface area (Å²) < 4.78 is 46.4. The standard InChI is InChI=1S/C40H46F2N2O4/c1-39(2,3)48-37(38(45)47-27-29-9-7-6-8-10-29)35-34(25-41)43-26-33(36(35)44-22-20-40(4,5)21-23-44)30-13-17-32(18-14-30)46-24-19-28-11-15-31(42)16-12-28/h6-18,26,37H,19-25,27H2,1-5H3/t37-/m0/s1. The van der Waals surface area contributed by atoms with Crippen molar-refractivity contribution in [1.29, 1.82) is 0 Å². The molecule has 0 saturated carbocycles. The van der Waals surface area contributed by atoms with E-state index in [-0.39, 0.29) is 23.5 Å². The van der Waals surface area contributed by atoms with Crippen LogP contribution in [0.5, 0.6) is 5.75 Å². The maximum absolute atomic E-state index is 14.9. The van der Waals surface area contributed by atoms with E-state index in [9.17, 15) is 13.6 Å². The average molecular weight is 657 g/mol. The van der Waals surface area contributed by atoms with Crippen molar-refractivity contribution in [3.63, 3.8) is 0 Å². The molecule has 0 spiro atoms. The summed E-state index contributed by atoms with van der Waals surface area (Å²) in [6, 6.07) is 23.5. The van der Waals surface area contributed by atoms with E-state index in [1.54, 1.807) is 18.3 Å². The summed E-state index contributed by atoms with van der Waals surface area (Å²) in [5.74, 6) is -0.166. The number of aromatic nitrogens is 1. The Hall–Kier alpha value is -4.30. The number of anilines is 1. The minimum Gasteiger partial charge on any atom is -0.493 e. The van der Waals surface area contributed by atoms with E-state index >= 15 is 0 Å². The minimum absolute atomic E-state index is 0.0671. The van der Waals surface area contributed by atoms with Crippen LogP contribution in [0.4, 0.5) is 14.5 Å². The Morgan fingerprint density at radius 3 is 2.23 bits per heavy atom. The lowest BCUT2D eigenvalue weighted by Crippen LogP contribution is -2.39. The van der Waals surface area contributed by atoms with Crippen LogP contribution < -0.4 is 9.64 Å². The van der Waals surface area contributed by atoms with E-state index in [0.29, 0.717) is 24.3 Å². The fourth-order valence-electron chi connectivity index (χ4n) is 5.88. The van der Waals surface area contributed by atoms with E-state index in [1.807, 2.05) is 75.4 Å². The molecule has 0 unspecified atom stereocenters. The highest BCUT2D eigenvalue weighted by molar-refractivity contribution is 5.87. The van der Waals surface area contributed by atoms with Gasteiger partial charge in [0.1, 0.15) is 24.8 Å². The molecule has 1 fully saturated rings. The fraction of sp³-hybridized carbons (Fsp3) is 0.400. The molecule has 5 rings (SSSR count). The predicted molar refractivity (Wildman–Crippen MR) is 185 cm³/mol. The number of hydrogen-bond acceptors (Lipinski definition) is 6. The van der Waals surface area contributed by atoms with Gasteiger partial charge in [0.25, 0.3) is 0 Å². The first-order valence-corrected chi connectivity index (χ1v) is 16.6. The third-order valence-electron chi connectivity index (χ3n) is 8.64. The number of carbonyl (C=O) groups is 1. The van der Waals surface area contributed by atoms with Crippen molar-refractivity contribution in [2.45, 2.75) is 78.9 Å². The van der Waals surface area contributed by atoms with E-state index < -0.39 is 24.3 Å². The summed E-state index contributed by atoms with van der Waals surface area (Å²) in [5, 5.41) is 0. The molecule has 1 saturated heterocycles. The van der Waals surface area contributed by atoms with Gasteiger partial charge in [-0.05, 0) is 80.0 Å². The van der Waals surface area contributed by atoms with Crippen LogP contribution in [0.2, 0.25) is 0 Å². The zero-order chi connectivity index (χ0) is 34.3. The zero-order valence-electron chi connectivity index (χ0n) is 28.6. The van der Waals surface area contributed by atoms with Gasteiger partial charge in [-0.25, -0.2) is 13.6 Å². The number of benzene rings is 3. The smallest absolute Gasteiger partial charge is 0.340 e. The highest BCUT2D eigenvalue weighted by atomic mass is 19.1. The van der Waals surface area contributed by atoms with Gasteiger partial charge in [-0.15, -0.1) is 0 Å². The molecule has 1 aliphatic heterocycles. The lowest BCUT2D eigenvalue weighted by Gasteiger charge is -2.41. The van der Waals surface area contributed by atoms with Crippen LogP contribution in [0.3, 0.4) is 0 Å². The highest BCUT2D eigenvalue weighted by Gasteiger charge is 2.37. The molecule has 3 aromatic carbocycles. The SMILES string of the molecule is CC1(C)CCN(c2c(-c3ccc(OCCc4ccc(F)cc4)cc3)cnc(CF)c2[C@H](OC(C)(C)C)C(=O)OCc2ccccc2)CC1. The number of piperidine rings is 1. The van der Waals surface area contributed by atoms with Crippen LogP contribution in [0.1, 0.15) is 75.9 Å². The van der Waals surface area contributed by atoms with Crippen molar-refractivity contribution in [2.75, 3.05) is 24.6 Å². The molecule has 1 aromatic heterocycles. The van der Waals surface area contributed by atoms with Gasteiger partial charge in [0, 0.05) is 36.8 Å². The quantitative estimate of drug-likeness (QED) is 0.142. The van der Waals surface area contributed by atoms with E-state index in [2.05, 4.69) is 23.7 Å². The van der Waals surface area contributed by atoms with E-state index in [1.165, 1.54) is 12.1 Å². The minimum atomic E-state index is -1.20. The monoisotopic (exact) mass is 656 g/mol. The Morgan fingerprint density at radius 2 is 1.60 bits per heavy atom. The maximum atomic E-state index is 14.9. The zero-order valence-corrected chi connectivity index (χ0v) is 28.6. The topological polar surface area (TPSA) is 60.9 Å². The van der Waals surface area contributed by atoms with Crippen molar-refractivity contribution in [2.24, 2.45) is 5.41 Å². The second-order valence-corrected chi connectivity index (χ2v) is 14.1. The van der Waals surface area contributed by atoms with Crippen molar-refractivity contribution in [1.82, 2.24) is 4.98 Å². The summed E-state index contributed by atoms with van der Waals surface area (Å²) in [6.45, 7) is 11.2. The molecular weight excluding hydrogens is 610 g/mol. The van der Waals surface area contributed by atoms with Crippen molar-refractivity contribution >= 4 is 11.7 Å². The normalized spacial score (nSPS) is 15.2. The number of rotatable bonds is 12. The van der Waals surface area contributed by atoms with Crippen molar-refractivity contribution < 1.29 is 27.8 Å². The third-order valence-corrected chi connectivity index (χ3v) is 8.64. The molecule has 254 valence electrons. The second kappa shape index (κ2) is 15.3. The van der Waals surface area contributed by atoms with Gasteiger partial charge in [-0.3, -0.25) is 4.98 Å². The molecule has 1 atom stereocenters. The molecule has 6 nitrogen and oxygen atoms in total. The van der Waals surface area contributed by atoms with Gasteiger partial charge in [0.15, 0.2) is 6.10 Å². The van der Waals surface area contributed by atoms with Crippen LogP contribution >= 0.6 is 0 Å². The Kier molecular flexibility index (Phi) is 11.2. The van der Waals surface area contributed by atoms with Gasteiger partial charge in [0.05, 0.1) is 23.6 Å². The lowest BCUT2D eigenvalue weighted by atomic mass is 9.82. The van der Waals surface area contributed by atoms with Gasteiger partial charge in [0.2, 0.25) is 0 Å². The number of carbonyl (C=O) groups excluding carboxylic acids is 1. The molecule has 48 heavy (non-hydrogen) atoms. The maximum Gasteiger partial charge on any atom is 0.340 e. The van der Waals surface area contributed by atoms with Gasteiger partial charge < -0.3 is 19.1 Å². The fourth-order valence-corrected chi connectivity index (χ4v) is 5.88. The summed E-state index contributed by atoms with van der Waals surface area (Å²) >= 11 is 0. The number of hydrogen-bond donors (Lipinski definition) is 0. The first kappa shape index (κ1) is 35.0. The molecule has 0 N–H and O–H groups in total. The molecule has 8 heteroatoms. The molecule has 0 bridgehead atoms. The summed E-state index contributed by atoms with van der Waals surface area (Å²) in [6.07, 6.45) is 3.00. The largest absolute Gasteiger partial charge is 0.493 e. The molecule has 1 aliphatic rings. The Balaban J connectivity index is 1.51. The summed E-state index contributed by atoms with van der Waals surface area (Å²) in [7, 11) is 0. The second-order valence-electron chi connectivity index (χ2n) is 14.1. The first-order chi connectivity index (χ1) is 22.9. The van der Waals surface area contributed by atoms with Crippen LogP contribution in [-0.4, -0.2) is 36.3 Å². The van der Waals surface area contributed by atoms with E-state index in [0.717, 1.165) is 53.9 Å². The van der Waals surface area contributed by atoms with Crippen LogP contribution in [0.25, 0.3) is 11.1 Å². The number of alkyl halides is 1. The predicted octanol–water partition coefficient (Wildman–Crippen LogP) is 9.20. The van der Waals surface area contributed by atoms with Crippen molar-refractivity contribution in [3.05, 3.63) is 113 Å². The van der Waals surface area contributed by atoms with Crippen LogP contribution in [0, 0.1) is 11.2 Å². The Morgan fingerprint density at radius 1 is 0.938 bits per heavy atom. The van der Waals surface area contributed by atoms with Gasteiger partial charge in [-0.1, -0.05) is 68.4 Å². The molecular formula is C40H46F2N2O4. The number of pyridine rings is 1.